The third kappa shape index (κ3) is 62.1. The normalized spacial score (nSPS) is 3.86. The fourth-order valence-corrected chi connectivity index (χ4v) is 0. The zero-order valence-corrected chi connectivity index (χ0v) is 8.53. The topological polar surface area (TPSA) is 96.3 Å². The van der Waals surface area contributed by atoms with E-state index in [1.807, 2.05) is 0 Å². The monoisotopic (exact) mass is 140 g/mol. The van der Waals surface area contributed by atoms with Crippen LogP contribution in [0.2, 0.25) is 0 Å². The summed E-state index contributed by atoms with van der Waals surface area (Å²) in [7, 11) is -2.67. The molecule has 2 N–H and O–H groups in total. The predicted molar refractivity (Wildman–Crippen MR) is 15.7 cm³/mol. The first-order chi connectivity index (χ1) is 1.73. The summed E-state index contributed by atoms with van der Waals surface area (Å²) in [6, 6.07) is 0. The molecule has 0 amide bonds. The predicted octanol–water partition coefficient (Wildman–Crippen LogP) is -6.87. The fraction of sp³-hybridized carbons (Fsp3) is 0. The van der Waals surface area contributed by atoms with E-state index in [-0.39, 0.29) is 79.9 Å². The molecule has 0 aliphatic heterocycles. The molecule has 0 aromatic rings. The zero-order chi connectivity index (χ0) is 3.58. The molecule has 0 aliphatic carbocycles. The Morgan fingerprint density at radius 1 is 1.29 bits per heavy atom. The fourth-order valence-electron chi connectivity index (χ4n) is 0. The molecule has 0 spiro atoms. The van der Waals surface area contributed by atoms with Gasteiger partial charge in [0, 0.05) is 0 Å². The molecule has 0 saturated heterocycles. The molecule has 0 radical (unpaired) electrons. The molecule has 0 saturated carbocycles. The van der Waals surface area contributed by atoms with Gasteiger partial charge < -0.3 is 20.5 Å². The Hall–Kier alpha value is 2.31. The minimum absolute atomic E-state index is 0. The Bertz CT molecular complexity index is 16.4. The summed E-state index contributed by atoms with van der Waals surface area (Å²) in [4.78, 5) is 0. The van der Waals surface area contributed by atoms with E-state index >= 15 is 0 Å². The van der Waals surface area contributed by atoms with Gasteiger partial charge in [0.15, 0.2) is 0 Å². The standard InChI is InChI=1S/BHO3.K.Mg.H2O/c2-1(3)4;;;/h2H;;;1H2/q-2;+1;+2;/p-1. The van der Waals surface area contributed by atoms with Gasteiger partial charge in [-0.15, -0.1) is 0 Å². The third-order valence-corrected chi connectivity index (χ3v) is 0. The number of hydrogen-bond donors (Lipinski definition) is 1. The van der Waals surface area contributed by atoms with Crippen molar-refractivity contribution in [3.05, 3.63) is 0 Å². The Balaban J connectivity index is -0.0000000150. The van der Waals surface area contributed by atoms with Gasteiger partial charge in [0.1, 0.15) is 0 Å². The molecule has 0 rings (SSSR count). The van der Waals surface area contributed by atoms with Crippen molar-refractivity contribution < 1.29 is 71.9 Å². The van der Waals surface area contributed by atoms with Gasteiger partial charge in [0.05, 0.1) is 7.32 Å². The van der Waals surface area contributed by atoms with E-state index in [2.05, 4.69) is 0 Å². The maximum absolute atomic E-state index is 8.53. The first-order valence-electron chi connectivity index (χ1n) is 0.730. The van der Waals surface area contributed by atoms with Gasteiger partial charge in [0.25, 0.3) is 0 Å². The quantitative estimate of drug-likeness (QED) is 0.338. The van der Waals surface area contributed by atoms with Crippen LogP contribution in [0.5, 0.6) is 0 Å². The molecule has 4 nitrogen and oxygen atoms in total. The largest absolute Gasteiger partial charge is 2.00 e. The SMILES string of the molecule is [K+].[Mg+2].[O-]B([O-])O.[OH-]. The van der Waals surface area contributed by atoms with E-state index in [9.17, 15) is 0 Å². The van der Waals surface area contributed by atoms with Gasteiger partial charge in [-0.2, -0.15) is 0 Å². The summed E-state index contributed by atoms with van der Waals surface area (Å²) in [5, 5.41) is 24.0. The molecule has 0 aromatic carbocycles. The second kappa shape index (κ2) is 15.7. The van der Waals surface area contributed by atoms with E-state index in [1.165, 1.54) is 0 Å². The van der Waals surface area contributed by atoms with Crippen LogP contribution in [0.1, 0.15) is 0 Å². The molecule has 0 aliphatic rings. The van der Waals surface area contributed by atoms with Crippen molar-refractivity contribution in [2.75, 3.05) is 0 Å². The molecule has 7 heteroatoms. The van der Waals surface area contributed by atoms with Crippen LogP contribution in [0.3, 0.4) is 0 Å². The van der Waals surface area contributed by atoms with Crippen molar-refractivity contribution >= 4 is 30.4 Å². The van der Waals surface area contributed by atoms with Gasteiger partial charge in [-0.25, -0.2) is 0 Å². The van der Waals surface area contributed by atoms with Crippen LogP contribution in [0, 0.1) is 0 Å². The maximum Gasteiger partial charge on any atom is 2.00 e. The third-order valence-electron chi connectivity index (χ3n) is 0. The van der Waals surface area contributed by atoms with Gasteiger partial charge in [-0.3, -0.25) is 0 Å². The van der Waals surface area contributed by atoms with E-state index in [0.29, 0.717) is 0 Å². The van der Waals surface area contributed by atoms with Crippen molar-refractivity contribution in [1.82, 2.24) is 0 Å². The van der Waals surface area contributed by atoms with Crippen LogP contribution < -0.4 is 61.4 Å². The minimum Gasteiger partial charge on any atom is -0.871 e. The van der Waals surface area contributed by atoms with Crippen LogP contribution in [0.25, 0.3) is 0 Å². The second-order valence-electron chi connectivity index (χ2n) is 0.307. The molecular formula is H2BKMgO4. The Labute approximate surface area is 100 Å². The Kier molecular flexibility index (Phi) is 51.3. The van der Waals surface area contributed by atoms with Crippen molar-refractivity contribution in [2.45, 2.75) is 0 Å². The summed E-state index contributed by atoms with van der Waals surface area (Å²) < 4.78 is 0. The van der Waals surface area contributed by atoms with Crippen LogP contribution in [-0.2, 0) is 0 Å². The summed E-state index contributed by atoms with van der Waals surface area (Å²) >= 11 is 0. The van der Waals surface area contributed by atoms with Crippen molar-refractivity contribution in [3.63, 3.8) is 0 Å². The molecule has 0 aromatic heterocycles. The average Bonchev–Trinajstić information content (AvgIpc) is 0.811. The Morgan fingerprint density at radius 3 is 1.29 bits per heavy atom. The summed E-state index contributed by atoms with van der Waals surface area (Å²) in [5.74, 6) is 0. The second-order valence-corrected chi connectivity index (χ2v) is 0.307. The molecule has 7 heavy (non-hydrogen) atoms. The summed E-state index contributed by atoms with van der Waals surface area (Å²) in [6.45, 7) is 0. The molecule has 0 fully saturated rings. The number of rotatable bonds is 0. The molecular weight excluding hydrogens is 138 g/mol. The van der Waals surface area contributed by atoms with Crippen LogP contribution in [0.4, 0.5) is 0 Å². The molecule has 0 bridgehead atoms. The maximum atomic E-state index is 8.53. The molecule has 0 atom stereocenters. The van der Waals surface area contributed by atoms with Crippen LogP contribution >= 0.6 is 0 Å². The summed E-state index contributed by atoms with van der Waals surface area (Å²) in [5.41, 5.74) is 0. The van der Waals surface area contributed by atoms with Crippen molar-refractivity contribution in [3.8, 4) is 0 Å². The van der Waals surface area contributed by atoms with E-state index in [0.717, 1.165) is 0 Å². The first kappa shape index (κ1) is 22.8. The van der Waals surface area contributed by atoms with Crippen LogP contribution in [0.15, 0.2) is 0 Å². The first-order valence-corrected chi connectivity index (χ1v) is 0.730. The van der Waals surface area contributed by atoms with E-state index < -0.39 is 7.32 Å². The Morgan fingerprint density at radius 2 is 1.29 bits per heavy atom. The summed E-state index contributed by atoms with van der Waals surface area (Å²) in [6.07, 6.45) is 0. The van der Waals surface area contributed by atoms with Gasteiger partial charge in [-0.1, -0.05) is 0 Å². The average molecular weight is 140 g/mol. The van der Waals surface area contributed by atoms with Gasteiger partial charge in [0.2, 0.25) is 0 Å². The van der Waals surface area contributed by atoms with Gasteiger partial charge in [-0.05, 0) is 0 Å². The molecule has 32 valence electrons. The van der Waals surface area contributed by atoms with Crippen molar-refractivity contribution in [1.29, 1.82) is 0 Å². The zero-order valence-electron chi connectivity index (χ0n) is 4.00. The number of hydrogen-bond acceptors (Lipinski definition) is 4. The van der Waals surface area contributed by atoms with Crippen molar-refractivity contribution in [2.24, 2.45) is 0 Å². The minimum atomic E-state index is -2.67. The molecule has 0 heterocycles. The molecule has 0 unspecified atom stereocenters. The van der Waals surface area contributed by atoms with E-state index in [4.69, 9.17) is 15.1 Å². The van der Waals surface area contributed by atoms with E-state index in [1.54, 1.807) is 0 Å². The van der Waals surface area contributed by atoms with Crippen LogP contribution in [-0.4, -0.2) is 40.9 Å². The van der Waals surface area contributed by atoms with Gasteiger partial charge >= 0.3 is 74.4 Å². The smallest absolute Gasteiger partial charge is 0.871 e.